The Bertz CT molecular complexity index is 1360. The van der Waals surface area contributed by atoms with E-state index in [1.807, 2.05) is 26.8 Å². The first-order valence-electron chi connectivity index (χ1n) is 8.98. The summed E-state index contributed by atoms with van der Waals surface area (Å²) < 4.78 is 33.8. The predicted molar refractivity (Wildman–Crippen MR) is 119 cm³/mol. The van der Waals surface area contributed by atoms with Crippen molar-refractivity contribution in [3.05, 3.63) is 55.0 Å². The van der Waals surface area contributed by atoms with Crippen LogP contribution in [0.3, 0.4) is 0 Å². The normalized spacial score (nSPS) is 11.0. The summed E-state index contributed by atoms with van der Waals surface area (Å²) >= 11 is 6.91. The minimum Gasteiger partial charge on any atom is -0.663 e. The monoisotopic (exact) mass is 500 g/mol. The van der Waals surface area contributed by atoms with Gasteiger partial charge in [-0.1, -0.05) is 22.8 Å². The molecule has 32 heavy (non-hydrogen) atoms. The number of carbonyl (C=O) groups is 1. The molecule has 3 rings (SSSR count). The molecule has 0 spiro atoms. The molecule has 0 saturated heterocycles. The Labute approximate surface area is 217 Å². The van der Waals surface area contributed by atoms with Gasteiger partial charge >= 0.3 is 29.6 Å². The van der Waals surface area contributed by atoms with Crippen LogP contribution in [0.25, 0.3) is 16.9 Å². The maximum Gasteiger partial charge on any atom is 1.00 e. The first-order chi connectivity index (χ1) is 14.5. The zero-order chi connectivity index (χ0) is 23.1. The molecule has 0 radical (unpaired) electrons. The third kappa shape index (κ3) is 4.73. The van der Waals surface area contributed by atoms with Crippen LogP contribution in [0, 0.1) is 39.0 Å². The van der Waals surface area contributed by atoms with E-state index in [0.29, 0.717) is 11.3 Å². The number of nitriles is 1. The molecule has 0 unspecified atom stereocenters. The summed E-state index contributed by atoms with van der Waals surface area (Å²) in [5.74, 6) is -1.40. The average Bonchev–Trinajstić information content (AvgIpc) is 3.25. The van der Waals surface area contributed by atoms with E-state index in [-0.39, 0.29) is 62.2 Å². The standard InChI is InChI=1S/C20H19ClN4O4S2.Na/c1-9-7-10(2)15(11(3)13(9)5-6-22)14-8-30-17(19(23)26)18(14)31(27,28)25-20-16(21)12(4)24-29-20;/h7-8H,5H2,1-4H3,(H3,23,24,25,26);/q;+1/p-1. The summed E-state index contributed by atoms with van der Waals surface area (Å²) in [6, 6.07) is 4.00. The molecule has 162 valence electrons. The van der Waals surface area contributed by atoms with E-state index in [2.05, 4.69) is 15.9 Å². The summed E-state index contributed by atoms with van der Waals surface area (Å²) in [4.78, 5) is 11.4. The number of nitrogens with one attached hydrogen (secondary N) is 2. The first-order valence-corrected chi connectivity index (χ1v) is 11.7. The Morgan fingerprint density at radius 3 is 2.50 bits per heavy atom. The van der Waals surface area contributed by atoms with Crippen LogP contribution in [-0.4, -0.2) is 19.5 Å². The number of hydrogen-bond donors (Lipinski definition) is 1. The first kappa shape index (κ1) is 26.4. The summed E-state index contributed by atoms with van der Waals surface area (Å²) in [7, 11) is -4.37. The number of aromatic nitrogens is 1. The number of benzene rings is 1. The number of sulfonamides is 1. The van der Waals surface area contributed by atoms with Crippen LogP contribution in [0.4, 0.5) is 5.88 Å². The van der Waals surface area contributed by atoms with Crippen LogP contribution in [0.5, 0.6) is 0 Å². The van der Waals surface area contributed by atoms with E-state index in [4.69, 9.17) is 21.9 Å². The molecule has 2 N–H and O–H groups in total. The van der Waals surface area contributed by atoms with Gasteiger partial charge < -0.3 is 15.1 Å². The molecule has 0 atom stereocenters. The van der Waals surface area contributed by atoms with Crippen molar-refractivity contribution in [1.29, 1.82) is 5.26 Å². The predicted octanol–water partition coefficient (Wildman–Crippen LogP) is 2.35. The summed E-state index contributed by atoms with van der Waals surface area (Å²) in [5, 5.41) is 14.4. The van der Waals surface area contributed by atoms with E-state index >= 15 is 0 Å². The van der Waals surface area contributed by atoms with Crippen molar-refractivity contribution in [1.82, 2.24) is 5.16 Å². The van der Waals surface area contributed by atoms with Crippen LogP contribution >= 0.6 is 22.9 Å². The van der Waals surface area contributed by atoms with Gasteiger partial charge in [-0.15, -0.1) is 11.3 Å². The van der Waals surface area contributed by atoms with E-state index in [0.717, 1.165) is 33.6 Å². The summed E-state index contributed by atoms with van der Waals surface area (Å²) in [6.45, 7) is 7.07. The molecular formula is C20H18ClN4NaO4S2. The molecule has 0 saturated carbocycles. The Balaban J connectivity index is 0.00000363. The van der Waals surface area contributed by atoms with E-state index in [9.17, 15) is 18.5 Å². The Morgan fingerprint density at radius 1 is 1.31 bits per heavy atom. The molecule has 0 aliphatic carbocycles. The van der Waals surface area contributed by atoms with Crippen molar-refractivity contribution in [2.75, 3.05) is 4.72 Å². The van der Waals surface area contributed by atoms with Crippen LogP contribution in [0.15, 0.2) is 20.9 Å². The number of carbonyl (C=O) groups excluding carboxylic acids is 1. The third-order valence-corrected chi connectivity index (χ3v) is 7.86. The molecule has 1 aromatic carbocycles. The van der Waals surface area contributed by atoms with Gasteiger partial charge in [-0.05, 0) is 55.5 Å². The van der Waals surface area contributed by atoms with Crippen LogP contribution < -0.4 is 34.3 Å². The number of rotatable bonds is 6. The second-order valence-electron chi connectivity index (χ2n) is 6.98. The van der Waals surface area contributed by atoms with Gasteiger partial charge in [0.05, 0.1) is 23.3 Å². The van der Waals surface area contributed by atoms with Crippen LogP contribution in [-0.2, 0) is 16.4 Å². The van der Waals surface area contributed by atoms with Crippen LogP contribution in [0.2, 0.25) is 5.02 Å². The quantitative estimate of drug-likeness (QED) is 0.516. The number of aryl methyl sites for hydroxylation is 3. The summed E-state index contributed by atoms with van der Waals surface area (Å²) in [6.07, 6.45) is 0.159. The smallest absolute Gasteiger partial charge is 0.663 e. The number of hydrogen-bond acceptors (Lipinski definition) is 7. The third-order valence-electron chi connectivity index (χ3n) is 4.89. The van der Waals surface area contributed by atoms with Gasteiger partial charge in [0.25, 0.3) is 15.9 Å². The van der Waals surface area contributed by atoms with Gasteiger partial charge in [0.15, 0.2) is 0 Å². The molecule has 0 bridgehead atoms. The van der Waals surface area contributed by atoms with Crippen molar-refractivity contribution >= 4 is 44.8 Å². The Morgan fingerprint density at radius 2 is 1.97 bits per heavy atom. The van der Waals surface area contributed by atoms with Gasteiger partial charge in [-0.25, -0.2) is 13.1 Å². The molecule has 12 heteroatoms. The zero-order valence-electron chi connectivity index (χ0n) is 18.1. The van der Waals surface area contributed by atoms with Crippen molar-refractivity contribution < 1.29 is 47.3 Å². The minimum absolute atomic E-state index is 0. The number of halogens is 1. The fourth-order valence-corrected chi connectivity index (χ4v) is 6.32. The molecule has 0 fully saturated rings. The largest absolute Gasteiger partial charge is 1.00 e. The van der Waals surface area contributed by atoms with Crippen LogP contribution in [0.1, 0.15) is 37.6 Å². The Kier molecular flexibility index (Phi) is 8.20. The van der Waals surface area contributed by atoms with Gasteiger partial charge in [0, 0.05) is 10.9 Å². The molecule has 2 heterocycles. The van der Waals surface area contributed by atoms with Gasteiger partial charge in [0.1, 0.15) is 15.6 Å². The van der Waals surface area contributed by atoms with Gasteiger partial charge in [-0.2, -0.15) is 5.26 Å². The average molecular weight is 501 g/mol. The number of anilines is 1. The van der Waals surface area contributed by atoms with Crippen molar-refractivity contribution in [3.8, 4) is 17.2 Å². The maximum atomic E-state index is 13.3. The molecule has 0 aliphatic heterocycles. The minimum atomic E-state index is -4.37. The fraction of sp³-hybridized carbons (Fsp3) is 0.250. The topological polar surface area (TPSA) is 137 Å². The fourth-order valence-electron chi connectivity index (χ4n) is 3.53. The molecule has 0 aliphatic rings. The van der Waals surface area contributed by atoms with E-state index in [1.165, 1.54) is 5.38 Å². The maximum absolute atomic E-state index is 13.3. The molecule has 8 nitrogen and oxygen atoms in total. The number of nitrogens with zero attached hydrogens (tertiary/aromatic N) is 2. The molecular weight excluding hydrogens is 483 g/mol. The van der Waals surface area contributed by atoms with Gasteiger partial charge in [-0.3, -0.25) is 0 Å². The summed E-state index contributed by atoms with van der Waals surface area (Å²) in [5.41, 5.74) is 12.0. The van der Waals surface area contributed by atoms with Crippen molar-refractivity contribution in [3.63, 3.8) is 0 Å². The second-order valence-corrected chi connectivity index (χ2v) is 9.85. The zero-order valence-corrected chi connectivity index (χ0v) is 22.5. The molecule has 2 aromatic heterocycles. The molecule has 3 aromatic rings. The van der Waals surface area contributed by atoms with Gasteiger partial charge in [0.2, 0.25) is 0 Å². The van der Waals surface area contributed by atoms with Crippen molar-refractivity contribution in [2.24, 2.45) is 0 Å². The second kappa shape index (κ2) is 9.95. The molecule has 1 amide bonds. The number of thiophene rings is 1. The SMILES string of the molecule is Cc1cc(C)c(-c2csc(C([NH-])=O)c2S(=O)(=O)Nc2onc(C)c2Cl)c(C)c1CC#N.[Na+]. The van der Waals surface area contributed by atoms with Crippen molar-refractivity contribution in [2.45, 2.75) is 39.0 Å². The Hall–Kier alpha value is -1.87. The number of amides is 1. The van der Waals surface area contributed by atoms with E-state index < -0.39 is 15.9 Å². The van der Waals surface area contributed by atoms with E-state index in [1.54, 1.807) is 6.92 Å².